The smallest absolute Gasteiger partial charge is 0.407 e. The number of esters is 1. The standard InChI is InChI=1S/C18H25NO4/c1-12(2)11-22-18(21)19-15(10-14-7-5-4-6-8-14)16-9-13(3)17(20)23-16/h4-8,12-13,15-16H,9-11H2,1-3H3,(H,19,21)/t13-,15+,16+/m1/s1. The number of carbonyl (C=O) groups is 2. The number of ether oxygens (including phenoxy) is 2. The molecule has 1 aliphatic rings. The minimum atomic E-state index is -0.463. The number of benzene rings is 1. The van der Waals surface area contributed by atoms with Crippen LogP contribution in [-0.4, -0.2) is 30.8 Å². The van der Waals surface area contributed by atoms with Gasteiger partial charge in [0.05, 0.1) is 18.6 Å². The molecule has 23 heavy (non-hydrogen) atoms. The van der Waals surface area contributed by atoms with Gasteiger partial charge in [-0.2, -0.15) is 0 Å². The average molecular weight is 319 g/mol. The molecule has 1 aromatic carbocycles. The van der Waals surface area contributed by atoms with Crippen molar-refractivity contribution in [2.75, 3.05) is 6.61 Å². The Morgan fingerprint density at radius 1 is 1.35 bits per heavy atom. The molecule has 0 saturated carbocycles. The Morgan fingerprint density at radius 3 is 2.61 bits per heavy atom. The third kappa shape index (κ3) is 5.27. The second-order valence-electron chi connectivity index (χ2n) is 6.54. The summed E-state index contributed by atoms with van der Waals surface area (Å²) >= 11 is 0. The molecule has 0 aromatic heterocycles. The fraction of sp³-hybridized carbons (Fsp3) is 0.556. The van der Waals surface area contributed by atoms with Crippen LogP contribution in [0, 0.1) is 11.8 Å². The quantitative estimate of drug-likeness (QED) is 0.819. The number of alkyl carbamates (subject to hydrolysis) is 1. The van der Waals surface area contributed by atoms with E-state index in [0.717, 1.165) is 5.56 Å². The largest absolute Gasteiger partial charge is 0.460 e. The zero-order chi connectivity index (χ0) is 16.8. The molecule has 0 aliphatic carbocycles. The van der Waals surface area contributed by atoms with E-state index < -0.39 is 6.09 Å². The highest BCUT2D eigenvalue weighted by molar-refractivity contribution is 5.74. The predicted molar refractivity (Wildman–Crippen MR) is 86.9 cm³/mol. The Morgan fingerprint density at radius 2 is 2.04 bits per heavy atom. The van der Waals surface area contributed by atoms with Crippen molar-refractivity contribution >= 4 is 12.1 Å². The summed E-state index contributed by atoms with van der Waals surface area (Å²) in [5, 5.41) is 2.87. The van der Waals surface area contributed by atoms with Crippen LogP contribution in [0.3, 0.4) is 0 Å². The lowest BCUT2D eigenvalue weighted by molar-refractivity contribution is -0.144. The highest BCUT2D eigenvalue weighted by Crippen LogP contribution is 2.24. The van der Waals surface area contributed by atoms with E-state index in [0.29, 0.717) is 19.4 Å². The highest BCUT2D eigenvalue weighted by atomic mass is 16.6. The average Bonchev–Trinajstić information content (AvgIpc) is 2.85. The molecule has 1 aromatic rings. The Hall–Kier alpha value is -2.04. The van der Waals surface area contributed by atoms with Gasteiger partial charge in [-0.15, -0.1) is 0 Å². The van der Waals surface area contributed by atoms with Gasteiger partial charge in [0.15, 0.2) is 0 Å². The fourth-order valence-corrected chi connectivity index (χ4v) is 2.58. The van der Waals surface area contributed by atoms with Gasteiger partial charge >= 0.3 is 12.1 Å². The van der Waals surface area contributed by atoms with E-state index in [-0.39, 0.29) is 30.0 Å². The third-order valence-corrected chi connectivity index (χ3v) is 3.85. The van der Waals surface area contributed by atoms with Gasteiger partial charge in [-0.1, -0.05) is 51.1 Å². The van der Waals surface area contributed by atoms with Crippen LogP contribution >= 0.6 is 0 Å². The number of nitrogens with one attached hydrogen (secondary N) is 1. The summed E-state index contributed by atoms with van der Waals surface area (Å²) in [6.45, 7) is 6.17. The van der Waals surface area contributed by atoms with E-state index >= 15 is 0 Å². The van der Waals surface area contributed by atoms with Crippen LogP contribution in [-0.2, 0) is 20.7 Å². The molecule has 5 nitrogen and oxygen atoms in total. The molecule has 5 heteroatoms. The van der Waals surface area contributed by atoms with Crippen molar-refractivity contribution in [3.05, 3.63) is 35.9 Å². The first kappa shape index (κ1) is 17.3. The van der Waals surface area contributed by atoms with Crippen LogP contribution in [0.25, 0.3) is 0 Å². The third-order valence-electron chi connectivity index (χ3n) is 3.85. The minimum absolute atomic E-state index is 0.133. The van der Waals surface area contributed by atoms with E-state index in [1.165, 1.54) is 0 Å². The summed E-state index contributed by atoms with van der Waals surface area (Å²) in [6.07, 6.45) is 0.433. The van der Waals surface area contributed by atoms with Crippen molar-refractivity contribution in [3.8, 4) is 0 Å². The van der Waals surface area contributed by atoms with Gasteiger partial charge in [0.2, 0.25) is 0 Å². The topological polar surface area (TPSA) is 64.6 Å². The maximum atomic E-state index is 12.0. The molecule has 1 fully saturated rings. The Bertz CT molecular complexity index is 529. The van der Waals surface area contributed by atoms with Gasteiger partial charge in [-0.25, -0.2) is 4.79 Å². The molecule has 1 N–H and O–H groups in total. The van der Waals surface area contributed by atoms with Crippen molar-refractivity contribution in [2.24, 2.45) is 11.8 Å². The van der Waals surface area contributed by atoms with E-state index in [9.17, 15) is 9.59 Å². The predicted octanol–water partition coefficient (Wildman–Crippen LogP) is 2.93. The van der Waals surface area contributed by atoms with Crippen molar-refractivity contribution in [3.63, 3.8) is 0 Å². The Balaban J connectivity index is 2.02. The zero-order valence-corrected chi connectivity index (χ0v) is 14.0. The Labute approximate surface area is 137 Å². The maximum Gasteiger partial charge on any atom is 0.407 e. The number of rotatable bonds is 6. The van der Waals surface area contributed by atoms with Crippen LogP contribution in [0.1, 0.15) is 32.8 Å². The van der Waals surface area contributed by atoms with Crippen molar-refractivity contribution in [1.82, 2.24) is 5.32 Å². The summed E-state index contributed by atoms with van der Waals surface area (Å²) in [4.78, 5) is 23.7. The van der Waals surface area contributed by atoms with Crippen molar-refractivity contribution < 1.29 is 19.1 Å². The molecular weight excluding hydrogens is 294 g/mol. The first-order valence-electron chi connectivity index (χ1n) is 8.13. The summed E-state index contributed by atoms with van der Waals surface area (Å²) in [5.74, 6) is -0.0604. The van der Waals surface area contributed by atoms with Gasteiger partial charge < -0.3 is 14.8 Å². The van der Waals surface area contributed by atoms with Crippen LogP contribution in [0.5, 0.6) is 0 Å². The summed E-state index contributed by atoms with van der Waals surface area (Å²) in [5.41, 5.74) is 1.08. The second kappa shape index (κ2) is 7.99. The SMILES string of the molecule is CC(C)COC(=O)N[C@@H](Cc1ccccc1)[C@@H]1C[C@@H](C)C(=O)O1. The van der Waals surface area contributed by atoms with Crippen LogP contribution in [0.15, 0.2) is 30.3 Å². The van der Waals surface area contributed by atoms with Crippen LogP contribution in [0.2, 0.25) is 0 Å². The molecular formula is C18H25NO4. The summed E-state index contributed by atoms with van der Waals surface area (Å²) < 4.78 is 10.6. The molecule has 1 heterocycles. The number of amides is 1. The van der Waals surface area contributed by atoms with Gasteiger partial charge in [0.25, 0.3) is 0 Å². The van der Waals surface area contributed by atoms with Gasteiger partial charge in [-0.3, -0.25) is 4.79 Å². The van der Waals surface area contributed by atoms with Gasteiger partial charge in [0, 0.05) is 0 Å². The Kier molecular flexibility index (Phi) is 6.02. The molecule has 3 atom stereocenters. The monoisotopic (exact) mass is 319 g/mol. The number of hydrogen-bond donors (Lipinski definition) is 1. The van der Waals surface area contributed by atoms with Crippen LogP contribution in [0.4, 0.5) is 4.79 Å². The highest BCUT2D eigenvalue weighted by Gasteiger charge is 2.37. The first-order valence-corrected chi connectivity index (χ1v) is 8.13. The molecule has 0 spiro atoms. The lowest BCUT2D eigenvalue weighted by Gasteiger charge is -2.24. The molecule has 0 unspecified atom stereocenters. The van der Waals surface area contributed by atoms with E-state index in [2.05, 4.69) is 5.32 Å². The maximum absolute atomic E-state index is 12.0. The van der Waals surface area contributed by atoms with E-state index in [1.807, 2.05) is 51.1 Å². The number of hydrogen-bond acceptors (Lipinski definition) is 4. The van der Waals surface area contributed by atoms with E-state index in [4.69, 9.17) is 9.47 Å². The number of carbonyl (C=O) groups excluding carboxylic acids is 2. The summed E-state index contributed by atoms with van der Waals surface area (Å²) in [6, 6.07) is 9.55. The second-order valence-corrected chi connectivity index (χ2v) is 6.54. The van der Waals surface area contributed by atoms with E-state index in [1.54, 1.807) is 0 Å². The molecule has 0 radical (unpaired) electrons. The molecule has 1 amide bonds. The lowest BCUT2D eigenvalue weighted by atomic mass is 9.97. The fourth-order valence-electron chi connectivity index (χ4n) is 2.58. The summed E-state index contributed by atoms with van der Waals surface area (Å²) in [7, 11) is 0. The molecule has 126 valence electrons. The van der Waals surface area contributed by atoms with Gasteiger partial charge in [-0.05, 0) is 24.3 Å². The normalized spacial score (nSPS) is 21.8. The minimum Gasteiger partial charge on any atom is -0.460 e. The molecule has 2 rings (SSSR count). The number of cyclic esters (lactones) is 1. The zero-order valence-electron chi connectivity index (χ0n) is 14.0. The lowest BCUT2D eigenvalue weighted by Crippen LogP contribution is -2.45. The van der Waals surface area contributed by atoms with Gasteiger partial charge in [0.1, 0.15) is 6.10 Å². The van der Waals surface area contributed by atoms with Crippen molar-refractivity contribution in [1.29, 1.82) is 0 Å². The van der Waals surface area contributed by atoms with Crippen LogP contribution < -0.4 is 5.32 Å². The molecule has 1 aliphatic heterocycles. The first-order chi connectivity index (χ1) is 11.0. The van der Waals surface area contributed by atoms with Crippen molar-refractivity contribution in [2.45, 2.75) is 45.8 Å². The molecule has 1 saturated heterocycles. The molecule has 0 bridgehead atoms.